The average Bonchev–Trinajstić information content (AvgIpc) is 3.02. The van der Waals surface area contributed by atoms with E-state index < -0.39 is 8.07 Å². The molecule has 2 aromatic carbocycles. The first-order valence-electron chi connectivity index (χ1n) is 16.4. The lowest BCUT2D eigenvalue weighted by molar-refractivity contribution is -0.115. The van der Waals surface area contributed by atoms with Crippen LogP contribution in [0.15, 0.2) is 66.9 Å². The number of pyridine rings is 1. The van der Waals surface area contributed by atoms with E-state index in [-0.39, 0.29) is 12.3 Å². The number of carbonyl (C=O) groups is 1. The normalized spacial score (nSPS) is 14.1. The molecule has 0 aliphatic carbocycles. The average molecular weight is 634 g/mol. The second-order valence-electron chi connectivity index (χ2n) is 13.3. The molecule has 1 aliphatic heterocycles. The maximum Gasteiger partial charge on any atom is 0.229 e. The third-order valence-electron chi connectivity index (χ3n) is 9.31. The molecule has 240 valence electrons. The van der Waals surface area contributed by atoms with Crippen LogP contribution in [0.2, 0.25) is 16.6 Å². The molecule has 46 heavy (non-hydrogen) atoms. The first kappa shape index (κ1) is 33.1. The van der Waals surface area contributed by atoms with Crippen LogP contribution >= 0.6 is 0 Å². The van der Waals surface area contributed by atoms with Crippen LogP contribution in [0.4, 0.5) is 23.1 Å². The number of carbonyl (C=O) groups excluding carboxylic acids is 1. The van der Waals surface area contributed by atoms with Gasteiger partial charge in [-0.15, -0.1) is 5.54 Å². The van der Waals surface area contributed by atoms with Crippen LogP contribution < -0.4 is 15.5 Å². The molecule has 8 nitrogen and oxygen atoms in total. The molecule has 0 spiro atoms. The third-order valence-corrected chi connectivity index (χ3v) is 15.6. The Morgan fingerprint density at radius 2 is 1.54 bits per heavy atom. The van der Waals surface area contributed by atoms with Crippen LogP contribution in [0.25, 0.3) is 11.0 Å². The number of nitrogens with one attached hydrogen (secondary N) is 2. The molecule has 4 aromatic rings. The highest BCUT2D eigenvalue weighted by molar-refractivity contribution is 6.90. The van der Waals surface area contributed by atoms with Crippen LogP contribution in [-0.2, 0) is 11.2 Å². The molecule has 0 saturated carbocycles. The van der Waals surface area contributed by atoms with Crippen LogP contribution in [0, 0.1) is 11.5 Å². The second-order valence-corrected chi connectivity index (χ2v) is 18.9. The van der Waals surface area contributed by atoms with Gasteiger partial charge in [-0.2, -0.15) is 4.98 Å². The van der Waals surface area contributed by atoms with E-state index >= 15 is 0 Å². The first-order valence-corrected chi connectivity index (χ1v) is 18.6. The summed E-state index contributed by atoms with van der Waals surface area (Å²) in [6.07, 6.45) is 2.05. The van der Waals surface area contributed by atoms with Crippen molar-refractivity contribution < 1.29 is 4.79 Å². The third kappa shape index (κ3) is 7.57. The number of rotatable bonds is 9. The van der Waals surface area contributed by atoms with E-state index in [4.69, 9.17) is 9.97 Å². The molecule has 0 radical (unpaired) electrons. The van der Waals surface area contributed by atoms with Gasteiger partial charge in [0.15, 0.2) is 5.65 Å². The van der Waals surface area contributed by atoms with Gasteiger partial charge in [0, 0.05) is 49.3 Å². The number of hydrogen-bond donors (Lipinski definition) is 2. The fourth-order valence-electron chi connectivity index (χ4n) is 6.76. The molecule has 2 N–H and O–H groups in total. The first-order chi connectivity index (χ1) is 22.0. The summed E-state index contributed by atoms with van der Waals surface area (Å²) < 4.78 is 0. The molecule has 1 aliphatic rings. The van der Waals surface area contributed by atoms with Crippen molar-refractivity contribution >= 4 is 48.2 Å². The number of likely N-dealkylation sites (N-methyl/N-ethyl adjacent to an activating group) is 1. The number of benzene rings is 2. The largest absolute Gasteiger partial charge is 0.369 e. The summed E-state index contributed by atoms with van der Waals surface area (Å²) in [7, 11) is 0.156. The van der Waals surface area contributed by atoms with E-state index in [2.05, 4.69) is 110 Å². The van der Waals surface area contributed by atoms with Gasteiger partial charge in [-0.05, 0) is 59.6 Å². The Hall–Kier alpha value is -4.26. The second kappa shape index (κ2) is 14.4. The van der Waals surface area contributed by atoms with E-state index in [1.165, 1.54) is 5.69 Å². The smallest absolute Gasteiger partial charge is 0.229 e. The summed E-state index contributed by atoms with van der Waals surface area (Å²) >= 11 is 0. The van der Waals surface area contributed by atoms with Crippen molar-refractivity contribution in [3.8, 4) is 11.5 Å². The molecule has 9 heteroatoms. The highest BCUT2D eigenvalue weighted by atomic mass is 28.3. The summed E-state index contributed by atoms with van der Waals surface area (Å²) in [5, 5.41) is 7.11. The Labute approximate surface area is 275 Å². The fraction of sp³-hybridized carbons (Fsp3) is 0.405. The van der Waals surface area contributed by atoms with Gasteiger partial charge in [-0.25, -0.2) is 9.97 Å². The number of anilines is 4. The lowest BCUT2D eigenvalue weighted by Gasteiger charge is -2.38. The summed E-state index contributed by atoms with van der Waals surface area (Å²) in [4.78, 5) is 32.0. The number of aromatic nitrogens is 3. The molecule has 0 bridgehead atoms. The number of nitrogens with zero attached hydrogens (tertiary/aromatic N) is 5. The molecule has 0 atom stereocenters. The Morgan fingerprint density at radius 3 is 2.17 bits per heavy atom. The number of amides is 1. The lowest BCUT2D eigenvalue weighted by Crippen LogP contribution is -2.44. The van der Waals surface area contributed by atoms with Gasteiger partial charge in [0.25, 0.3) is 0 Å². The van der Waals surface area contributed by atoms with Gasteiger partial charge in [0.2, 0.25) is 11.9 Å². The van der Waals surface area contributed by atoms with Crippen molar-refractivity contribution in [2.24, 2.45) is 0 Å². The van der Waals surface area contributed by atoms with Crippen molar-refractivity contribution in [1.82, 2.24) is 19.9 Å². The van der Waals surface area contributed by atoms with Crippen molar-refractivity contribution in [1.29, 1.82) is 0 Å². The van der Waals surface area contributed by atoms with Crippen molar-refractivity contribution in [2.75, 3.05) is 48.8 Å². The lowest BCUT2D eigenvalue weighted by atomic mass is 10.1. The Kier molecular flexibility index (Phi) is 10.4. The zero-order valence-electron chi connectivity index (χ0n) is 28.3. The molecule has 1 fully saturated rings. The molecule has 3 heterocycles. The van der Waals surface area contributed by atoms with Crippen LogP contribution in [0.3, 0.4) is 0 Å². The van der Waals surface area contributed by atoms with Crippen LogP contribution in [-0.4, -0.2) is 67.1 Å². The van der Waals surface area contributed by atoms with Gasteiger partial charge in [0.05, 0.1) is 11.8 Å². The van der Waals surface area contributed by atoms with E-state index in [9.17, 15) is 4.79 Å². The zero-order chi connectivity index (χ0) is 32.8. The minimum Gasteiger partial charge on any atom is -0.369 e. The highest BCUT2D eigenvalue weighted by Gasteiger charge is 2.41. The van der Waals surface area contributed by atoms with E-state index in [1.807, 2.05) is 36.4 Å². The SMILES string of the molecule is CC(C)[Si](C#Cc1cc(NC(=O)Cc2ccccc2)nc2nc(Nc3ccc(N4CCN(C)CC4)cc3)ncc12)(C(C)C)C(C)C. The monoisotopic (exact) mass is 633 g/mol. The Bertz CT molecular complexity index is 1680. The molecular weight excluding hydrogens is 587 g/mol. The number of piperazine rings is 1. The predicted octanol–water partition coefficient (Wildman–Crippen LogP) is 7.27. The highest BCUT2D eigenvalue weighted by Crippen LogP contribution is 2.41. The summed E-state index contributed by atoms with van der Waals surface area (Å²) in [6.45, 7) is 18.0. The summed E-state index contributed by atoms with van der Waals surface area (Å²) in [5.74, 6) is 4.29. The topological polar surface area (TPSA) is 86.3 Å². The zero-order valence-corrected chi connectivity index (χ0v) is 29.3. The van der Waals surface area contributed by atoms with Gasteiger partial charge < -0.3 is 20.4 Å². The van der Waals surface area contributed by atoms with Crippen molar-refractivity contribution in [2.45, 2.75) is 64.6 Å². The fourth-order valence-corrected chi connectivity index (χ4v) is 12.0. The van der Waals surface area contributed by atoms with E-state index in [1.54, 1.807) is 6.20 Å². The molecule has 5 rings (SSSR count). The molecular formula is C37H47N7OSi. The van der Waals surface area contributed by atoms with E-state index in [0.29, 0.717) is 34.0 Å². The maximum absolute atomic E-state index is 13.0. The van der Waals surface area contributed by atoms with Crippen molar-refractivity contribution in [3.05, 3.63) is 78.0 Å². The van der Waals surface area contributed by atoms with Gasteiger partial charge >= 0.3 is 0 Å². The quantitative estimate of drug-likeness (QED) is 0.148. The minimum atomic E-state index is -2.01. The Balaban J connectivity index is 1.47. The minimum absolute atomic E-state index is 0.139. The van der Waals surface area contributed by atoms with Gasteiger partial charge in [-0.3, -0.25) is 4.79 Å². The van der Waals surface area contributed by atoms with Gasteiger partial charge in [0.1, 0.15) is 13.9 Å². The van der Waals surface area contributed by atoms with Gasteiger partial charge in [-0.1, -0.05) is 77.8 Å². The maximum atomic E-state index is 13.0. The molecule has 1 saturated heterocycles. The summed E-state index contributed by atoms with van der Waals surface area (Å²) in [6, 6.07) is 20.0. The van der Waals surface area contributed by atoms with Crippen LogP contribution in [0.1, 0.15) is 52.7 Å². The number of hydrogen-bond acceptors (Lipinski definition) is 7. The molecule has 1 amide bonds. The predicted molar refractivity (Wildman–Crippen MR) is 193 cm³/mol. The van der Waals surface area contributed by atoms with Crippen LogP contribution in [0.5, 0.6) is 0 Å². The Morgan fingerprint density at radius 1 is 0.891 bits per heavy atom. The van der Waals surface area contributed by atoms with E-state index in [0.717, 1.165) is 48.4 Å². The molecule has 2 aromatic heterocycles. The van der Waals surface area contributed by atoms with Crippen molar-refractivity contribution in [3.63, 3.8) is 0 Å². The standard InChI is InChI=1S/C37H47N7OSi/c1-26(2)46(27(3)4,28(5)6)22-17-30-24-34(40-35(45)23-29-11-9-8-10-12-29)41-36-33(30)25-38-37(42-36)39-31-13-15-32(16-14-31)44-20-18-43(7)19-21-44/h8-16,24-28H,18-21,23H2,1-7H3,(H2,38,39,40,41,42,45). The number of fused-ring (bicyclic) bond motifs is 1. The summed E-state index contributed by atoms with van der Waals surface area (Å²) in [5.41, 5.74) is 9.61. The molecule has 0 unspecified atom stereocenters.